The molecule has 0 atom stereocenters. The Bertz CT molecular complexity index is 906. The summed E-state index contributed by atoms with van der Waals surface area (Å²) in [5.41, 5.74) is 4.18. The molecule has 0 saturated carbocycles. The summed E-state index contributed by atoms with van der Waals surface area (Å²) in [5, 5.41) is 0. The summed E-state index contributed by atoms with van der Waals surface area (Å²) < 4.78 is 10.9. The Kier molecular flexibility index (Phi) is 5.64. The predicted octanol–water partition coefficient (Wildman–Crippen LogP) is 5.54. The second-order valence-corrected chi connectivity index (χ2v) is 6.48. The SMILES string of the molecule is COC(=O)c1c(SC)cc(-c2ccccc2)c(OC)c1-c1ccccc1. The van der Waals surface area contributed by atoms with Crippen molar-refractivity contribution in [2.24, 2.45) is 0 Å². The van der Waals surface area contributed by atoms with Crippen molar-refractivity contribution < 1.29 is 14.3 Å². The average molecular weight is 364 g/mol. The molecule has 132 valence electrons. The van der Waals surface area contributed by atoms with E-state index in [4.69, 9.17) is 9.47 Å². The predicted molar refractivity (Wildman–Crippen MR) is 107 cm³/mol. The molecule has 0 aliphatic heterocycles. The van der Waals surface area contributed by atoms with Crippen LogP contribution in [0.3, 0.4) is 0 Å². The zero-order valence-electron chi connectivity index (χ0n) is 15.0. The van der Waals surface area contributed by atoms with E-state index in [0.717, 1.165) is 27.1 Å². The molecule has 0 unspecified atom stereocenters. The molecule has 0 amide bonds. The summed E-state index contributed by atoms with van der Waals surface area (Å²) in [7, 11) is 3.03. The van der Waals surface area contributed by atoms with E-state index >= 15 is 0 Å². The van der Waals surface area contributed by atoms with Crippen molar-refractivity contribution in [1.82, 2.24) is 0 Å². The van der Waals surface area contributed by atoms with Crippen LogP contribution in [0.5, 0.6) is 5.75 Å². The minimum Gasteiger partial charge on any atom is -0.495 e. The summed E-state index contributed by atoms with van der Waals surface area (Å²) in [6, 6.07) is 21.8. The van der Waals surface area contributed by atoms with Crippen molar-refractivity contribution in [3.8, 4) is 28.0 Å². The molecule has 0 aromatic heterocycles. The van der Waals surface area contributed by atoms with Crippen LogP contribution in [-0.2, 0) is 4.74 Å². The summed E-state index contributed by atoms with van der Waals surface area (Å²) in [5.74, 6) is 0.298. The van der Waals surface area contributed by atoms with Crippen LogP contribution in [0.2, 0.25) is 0 Å². The van der Waals surface area contributed by atoms with Gasteiger partial charge in [-0.15, -0.1) is 11.8 Å². The topological polar surface area (TPSA) is 35.5 Å². The van der Waals surface area contributed by atoms with Crippen LogP contribution in [0, 0.1) is 0 Å². The molecular weight excluding hydrogens is 344 g/mol. The molecule has 0 heterocycles. The van der Waals surface area contributed by atoms with E-state index in [0.29, 0.717) is 11.3 Å². The lowest BCUT2D eigenvalue weighted by molar-refractivity contribution is 0.0597. The average Bonchev–Trinajstić information content (AvgIpc) is 2.72. The first-order chi connectivity index (χ1) is 12.7. The maximum atomic E-state index is 12.6. The fraction of sp³-hybridized carbons (Fsp3) is 0.136. The van der Waals surface area contributed by atoms with Gasteiger partial charge in [-0.2, -0.15) is 0 Å². The first-order valence-corrected chi connectivity index (χ1v) is 9.41. The number of rotatable bonds is 5. The second kappa shape index (κ2) is 8.11. The van der Waals surface area contributed by atoms with Crippen molar-refractivity contribution in [2.75, 3.05) is 20.5 Å². The highest BCUT2D eigenvalue weighted by atomic mass is 32.2. The van der Waals surface area contributed by atoms with Crippen LogP contribution < -0.4 is 4.74 Å². The number of methoxy groups -OCH3 is 2. The van der Waals surface area contributed by atoms with E-state index < -0.39 is 0 Å². The van der Waals surface area contributed by atoms with Crippen LogP contribution in [0.15, 0.2) is 71.6 Å². The Hall–Kier alpha value is -2.72. The van der Waals surface area contributed by atoms with E-state index in [-0.39, 0.29) is 5.97 Å². The molecular formula is C22H20O3S. The summed E-state index contributed by atoms with van der Waals surface area (Å²) in [6.45, 7) is 0. The van der Waals surface area contributed by atoms with Gasteiger partial charge in [0, 0.05) is 16.0 Å². The number of carbonyl (C=O) groups is 1. The number of esters is 1. The van der Waals surface area contributed by atoms with E-state index in [1.165, 1.54) is 18.9 Å². The van der Waals surface area contributed by atoms with Crippen LogP contribution in [-0.4, -0.2) is 26.4 Å². The van der Waals surface area contributed by atoms with Gasteiger partial charge in [-0.05, 0) is 23.4 Å². The molecule has 0 N–H and O–H groups in total. The Morgan fingerprint density at radius 2 is 1.46 bits per heavy atom. The Labute approximate surface area is 158 Å². The van der Waals surface area contributed by atoms with Gasteiger partial charge in [-0.25, -0.2) is 4.79 Å². The van der Waals surface area contributed by atoms with Crippen molar-refractivity contribution in [1.29, 1.82) is 0 Å². The van der Waals surface area contributed by atoms with E-state index in [2.05, 4.69) is 0 Å². The van der Waals surface area contributed by atoms with Gasteiger partial charge in [0.25, 0.3) is 0 Å². The van der Waals surface area contributed by atoms with Gasteiger partial charge in [0.2, 0.25) is 0 Å². The molecule has 4 heteroatoms. The molecule has 3 rings (SSSR count). The van der Waals surface area contributed by atoms with Gasteiger partial charge in [-0.1, -0.05) is 60.7 Å². The Morgan fingerprint density at radius 3 is 1.96 bits per heavy atom. The highest BCUT2D eigenvalue weighted by Gasteiger charge is 2.25. The largest absolute Gasteiger partial charge is 0.495 e. The van der Waals surface area contributed by atoms with Crippen molar-refractivity contribution in [3.63, 3.8) is 0 Å². The molecule has 26 heavy (non-hydrogen) atoms. The van der Waals surface area contributed by atoms with Crippen LogP contribution in [0.25, 0.3) is 22.3 Å². The van der Waals surface area contributed by atoms with Crippen molar-refractivity contribution >= 4 is 17.7 Å². The first kappa shape index (κ1) is 18.1. The summed E-state index contributed by atoms with van der Waals surface area (Å²) in [4.78, 5) is 13.5. The molecule has 0 fully saturated rings. The highest BCUT2D eigenvalue weighted by molar-refractivity contribution is 7.98. The van der Waals surface area contributed by atoms with Crippen molar-refractivity contribution in [2.45, 2.75) is 4.90 Å². The number of benzene rings is 3. The number of ether oxygens (including phenoxy) is 2. The third-order valence-corrected chi connectivity index (χ3v) is 4.97. The lowest BCUT2D eigenvalue weighted by Crippen LogP contribution is -2.08. The molecule has 0 saturated heterocycles. The fourth-order valence-corrected chi connectivity index (χ4v) is 3.66. The van der Waals surface area contributed by atoms with Gasteiger partial charge >= 0.3 is 5.97 Å². The number of hydrogen-bond donors (Lipinski definition) is 0. The maximum absolute atomic E-state index is 12.6. The van der Waals surface area contributed by atoms with Crippen LogP contribution >= 0.6 is 11.8 Å². The van der Waals surface area contributed by atoms with Crippen LogP contribution in [0.1, 0.15) is 10.4 Å². The van der Waals surface area contributed by atoms with Gasteiger partial charge in [0.05, 0.1) is 19.8 Å². The maximum Gasteiger partial charge on any atom is 0.339 e. The van der Waals surface area contributed by atoms with Crippen molar-refractivity contribution in [3.05, 3.63) is 72.3 Å². The molecule has 3 aromatic carbocycles. The van der Waals surface area contributed by atoms with Gasteiger partial charge in [-0.3, -0.25) is 0 Å². The van der Waals surface area contributed by atoms with Crippen LogP contribution in [0.4, 0.5) is 0 Å². The first-order valence-electron chi connectivity index (χ1n) is 8.19. The van der Waals surface area contributed by atoms with Gasteiger partial charge < -0.3 is 9.47 Å². The fourth-order valence-electron chi connectivity index (χ4n) is 3.03. The molecule has 3 nitrogen and oxygen atoms in total. The summed E-state index contributed by atoms with van der Waals surface area (Å²) >= 11 is 1.52. The quantitative estimate of drug-likeness (QED) is 0.440. The standard InChI is InChI=1S/C22H20O3S/c1-24-21-17(15-10-6-4-7-11-15)14-18(26-3)20(22(23)25-2)19(21)16-12-8-5-9-13-16/h4-14H,1-3H3. The van der Waals surface area contributed by atoms with E-state index in [9.17, 15) is 4.79 Å². The molecule has 3 aromatic rings. The van der Waals surface area contributed by atoms with Gasteiger partial charge in [0.15, 0.2) is 0 Å². The lowest BCUT2D eigenvalue weighted by atomic mass is 9.92. The molecule has 0 spiro atoms. The highest BCUT2D eigenvalue weighted by Crippen LogP contribution is 2.45. The molecule has 0 bridgehead atoms. The molecule has 0 aliphatic carbocycles. The Balaban J connectivity index is 2.42. The Morgan fingerprint density at radius 1 is 0.885 bits per heavy atom. The summed E-state index contributed by atoms with van der Waals surface area (Å²) in [6.07, 6.45) is 1.96. The van der Waals surface area contributed by atoms with Gasteiger partial charge in [0.1, 0.15) is 5.75 Å². The monoisotopic (exact) mass is 364 g/mol. The third kappa shape index (κ3) is 3.33. The second-order valence-electron chi connectivity index (χ2n) is 5.63. The molecule has 0 aliphatic rings. The zero-order valence-corrected chi connectivity index (χ0v) is 15.8. The molecule has 0 radical (unpaired) electrons. The normalized spacial score (nSPS) is 10.4. The van der Waals surface area contributed by atoms with E-state index in [1.807, 2.05) is 73.0 Å². The minimum absolute atomic E-state index is 0.369. The zero-order chi connectivity index (χ0) is 18.5. The number of carbonyl (C=O) groups excluding carboxylic acids is 1. The smallest absolute Gasteiger partial charge is 0.339 e. The minimum atomic E-state index is -0.369. The number of thioether (sulfide) groups is 1. The lowest BCUT2D eigenvalue weighted by Gasteiger charge is -2.20. The number of hydrogen-bond acceptors (Lipinski definition) is 4. The van der Waals surface area contributed by atoms with E-state index in [1.54, 1.807) is 7.11 Å². The third-order valence-electron chi connectivity index (χ3n) is 4.20.